The van der Waals surface area contributed by atoms with Crippen LogP contribution in [-0.4, -0.2) is 20.1 Å². The number of hydrogen-bond donors (Lipinski definition) is 2. The van der Waals surface area contributed by atoms with Crippen LogP contribution >= 0.6 is 27.5 Å². The summed E-state index contributed by atoms with van der Waals surface area (Å²) in [6, 6.07) is 25.6. The number of rotatable bonds is 7. The van der Waals surface area contributed by atoms with E-state index in [9.17, 15) is 18.0 Å². The molecule has 0 saturated carbocycles. The molecule has 0 aliphatic carbocycles. The summed E-state index contributed by atoms with van der Waals surface area (Å²) in [5, 5.41) is 3.02. The van der Waals surface area contributed by atoms with Crippen LogP contribution in [0.3, 0.4) is 0 Å². The Bertz CT molecular complexity index is 1530. The standard InChI is InChI=1S/C26H18BrClN2O4S/c27-17-14-15-23(21(16-17)25(31)19-10-4-6-12-22(19)28)29-26(32)20-11-5-7-13-24(20)30-35(33,34)18-8-2-1-3-9-18/h1-16,30H,(H,29,32). The van der Waals surface area contributed by atoms with E-state index in [2.05, 4.69) is 26.0 Å². The number of sulfonamides is 1. The Hall–Kier alpha value is -3.46. The van der Waals surface area contributed by atoms with E-state index in [-0.39, 0.29) is 38.2 Å². The van der Waals surface area contributed by atoms with Crippen molar-refractivity contribution in [2.24, 2.45) is 0 Å². The van der Waals surface area contributed by atoms with Gasteiger partial charge in [-0.25, -0.2) is 8.42 Å². The van der Waals surface area contributed by atoms with E-state index in [0.717, 1.165) is 0 Å². The van der Waals surface area contributed by atoms with E-state index in [0.29, 0.717) is 10.0 Å². The Morgan fingerprint density at radius 2 is 1.34 bits per heavy atom. The smallest absolute Gasteiger partial charge is 0.261 e. The Morgan fingerprint density at radius 1 is 0.714 bits per heavy atom. The molecule has 0 saturated heterocycles. The number of amides is 1. The molecule has 4 aromatic rings. The lowest BCUT2D eigenvalue weighted by atomic mass is 10.0. The van der Waals surface area contributed by atoms with E-state index >= 15 is 0 Å². The quantitative estimate of drug-likeness (QED) is 0.252. The molecule has 176 valence electrons. The lowest BCUT2D eigenvalue weighted by molar-refractivity contribution is 0.102. The van der Waals surface area contributed by atoms with Crippen LogP contribution in [0.5, 0.6) is 0 Å². The van der Waals surface area contributed by atoms with Crippen molar-refractivity contribution in [1.82, 2.24) is 0 Å². The molecule has 0 aromatic heterocycles. The number of carbonyl (C=O) groups excluding carboxylic acids is 2. The van der Waals surface area contributed by atoms with Gasteiger partial charge in [0.05, 0.1) is 26.9 Å². The summed E-state index contributed by atoms with van der Waals surface area (Å²) < 4.78 is 28.7. The van der Waals surface area contributed by atoms with Crippen molar-refractivity contribution in [3.05, 3.63) is 123 Å². The molecule has 9 heteroatoms. The number of hydrogen-bond acceptors (Lipinski definition) is 4. The SMILES string of the molecule is O=C(Nc1ccc(Br)cc1C(=O)c1ccccc1Cl)c1ccccc1NS(=O)(=O)c1ccccc1. The van der Waals surface area contributed by atoms with Gasteiger partial charge >= 0.3 is 0 Å². The molecule has 1 amide bonds. The predicted octanol–water partition coefficient (Wildman–Crippen LogP) is 6.39. The van der Waals surface area contributed by atoms with Gasteiger partial charge < -0.3 is 5.32 Å². The van der Waals surface area contributed by atoms with Gasteiger partial charge in [-0.1, -0.05) is 70.0 Å². The lowest BCUT2D eigenvalue weighted by Gasteiger charge is -2.15. The second-order valence-electron chi connectivity index (χ2n) is 7.42. The topological polar surface area (TPSA) is 92.3 Å². The van der Waals surface area contributed by atoms with Crippen molar-refractivity contribution in [2.45, 2.75) is 4.90 Å². The van der Waals surface area contributed by atoms with Gasteiger partial charge in [0.15, 0.2) is 5.78 Å². The molecule has 0 unspecified atom stereocenters. The highest BCUT2D eigenvalue weighted by atomic mass is 79.9. The molecule has 35 heavy (non-hydrogen) atoms. The van der Waals surface area contributed by atoms with Crippen LogP contribution in [0.25, 0.3) is 0 Å². The summed E-state index contributed by atoms with van der Waals surface area (Å²) in [6.45, 7) is 0. The maximum Gasteiger partial charge on any atom is 0.261 e. The molecule has 4 rings (SSSR count). The van der Waals surface area contributed by atoms with Crippen LogP contribution in [0.2, 0.25) is 5.02 Å². The molecular formula is C26H18BrClN2O4S. The fraction of sp³-hybridized carbons (Fsp3) is 0. The van der Waals surface area contributed by atoms with Crippen molar-refractivity contribution >= 4 is 60.6 Å². The third-order valence-corrected chi connectivity index (χ3v) is 7.27. The number of ketones is 1. The second-order valence-corrected chi connectivity index (χ2v) is 10.4. The van der Waals surface area contributed by atoms with E-state index in [1.54, 1.807) is 72.8 Å². The van der Waals surface area contributed by atoms with Crippen LogP contribution < -0.4 is 10.0 Å². The van der Waals surface area contributed by atoms with Crippen molar-refractivity contribution in [3.8, 4) is 0 Å². The minimum Gasteiger partial charge on any atom is -0.321 e. The van der Waals surface area contributed by atoms with Gasteiger partial charge in [0.1, 0.15) is 0 Å². The van der Waals surface area contributed by atoms with Gasteiger partial charge in [-0.15, -0.1) is 0 Å². The number of anilines is 2. The zero-order valence-electron chi connectivity index (χ0n) is 18.0. The highest BCUT2D eigenvalue weighted by Crippen LogP contribution is 2.28. The largest absolute Gasteiger partial charge is 0.321 e. The Kier molecular flexibility index (Phi) is 7.35. The van der Waals surface area contributed by atoms with E-state index in [4.69, 9.17) is 11.6 Å². The van der Waals surface area contributed by atoms with Crippen LogP contribution in [-0.2, 0) is 10.0 Å². The normalized spacial score (nSPS) is 11.0. The number of carbonyl (C=O) groups is 2. The van der Waals surface area contributed by atoms with Crippen LogP contribution in [0.15, 0.2) is 106 Å². The second kappa shape index (κ2) is 10.4. The minimum absolute atomic E-state index is 0.0655. The van der Waals surface area contributed by atoms with Gasteiger partial charge in [0.2, 0.25) is 0 Å². The number of nitrogens with one attached hydrogen (secondary N) is 2. The molecule has 0 aliphatic rings. The van der Waals surface area contributed by atoms with Crippen molar-refractivity contribution in [3.63, 3.8) is 0 Å². The molecule has 0 atom stereocenters. The Balaban J connectivity index is 1.66. The number of halogens is 2. The van der Waals surface area contributed by atoms with Gasteiger partial charge in [-0.05, 0) is 54.6 Å². The first-order valence-electron chi connectivity index (χ1n) is 10.3. The van der Waals surface area contributed by atoms with E-state index in [1.165, 1.54) is 24.3 Å². The third kappa shape index (κ3) is 5.62. The first-order valence-corrected chi connectivity index (χ1v) is 13.0. The monoisotopic (exact) mass is 568 g/mol. The highest BCUT2D eigenvalue weighted by Gasteiger charge is 2.21. The van der Waals surface area contributed by atoms with E-state index in [1.807, 2.05) is 0 Å². The summed E-state index contributed by atoms with van der Waals surface area (Å²) >= 11 is 9.57. The molecular weight excluding hydrogens is 552 g/mol. The zero-order chi connectivity index (χ0) is 25.0. The molecule has 0 aliphatic heterocycles. The fourth-order valence-corrected chi connectivity index (χ4v) is 5.05. The third-order valence-electron chi connectivity index (χ3n) is 5.06. The first-order chi connectivity index (χ1) is 16.8. The summed E-state index contributed by atoms with van der Waals surface area (Å²) in [5.41, 5.74) is 0.960. The summed E-state index contributed by atoms with van der Waals surface area (Å²) in [5.74, 6) is -0.961. The van der Waals surface area contributed by atoms with E-state index < -0.39 is 15.9 Å². The van der Waals surface area contributed by atoms with Crippen LogP contribution in [0, 0.1) is 0 Å². The van der Waals surface area contributed by atoms with Crippen molar-refractivity contribution in [2.75, 3.05) is 10.0 Å². The van der Waals surface area contributed by atoms with Gasteiger partial charge in [0.25, 0.3) is 15.9 Å². The average Bonchev–Trinajstić information content (AvgIpc) is 2.85. The molecule has 2 N–H and O–H groups in total. The van der Waals surface area contributed by atoms with Gasteiger partial charge in [-0.3, -0.25) is 14.3 Å². The van der Waals surface area contributed by atoms with Crippen molar-refractivity contribution < 1.29 is 18.0 Å². The van der Waals surface area contributed by atoms with Crippen molar-refractivity contribution in [1.29, 1.82) is 0 Å². The molecule has 0 radical (unpaired) electrons. The highest BCUT2D eigenvalue weighted by molar-refractivity contribution is 9.10. The van der Waals surface area contributed by atoms with Crippen LogP contribution in [0.1, 0.15) is 26.3 Å². The molecule has 0 bridgehead atoms. The molecule has 6 nitrogen and oxygen atoms in total. The maximum absolute atomic E-state index is 13.2. The average molecular weight is 570 g/mol. The van der Waals surface area contributed by atoms with Crippen LogP contribution in [0.4, 0.5) is 11.4 Å². The first kappa shape index (κ1) is 24.7. The Labute approximate surface area is 216 Å². The van der Waals surface area contributed by atoms with Gasteiger partial charge in [0, 0.05) is 15.6 Å². The zero-order valence-corrected chi connectivity index (χ0v) is 21.2. The Morgan fingerprint density at radius 3 is 2.06 bits per heavy atom. The fourth-order valence-electron chi connectivity index (χ4n) is 3.37. The number of para-hydroxylation sites is 1. The predicted molar refractivity (Wildman–Crippen MR) is 141 cm³/mol. The molecule has 0 spiro atoms. The summed E-state index contributed by atoms with van der Waals surface area (Å²) in [6.07, 6.45) is 0. The van der Waals surface area contributed by atoms with Gasteiger partial charge in [-0.2, -0.15) is 0 Å². The molecule has 0 heterocycles. The molecule has 0 fully saturated rings. The summed E-state index contributed by atoms with van der Waals surface area (Å²) in [7, 11) is -3.92. The molecule has 4 aromatic carbocycles. The lowest BCUT2D eigenvalue weighted by Crippen LogP contribution is -2.19. The maximum atomic E-state index is 13.2. The minimum atomic E-state index is -3.92. The number of benzene rings is 4. The summed E-state index contributed by atoms with van der Waals surface area (Å²) in [4.78, 5) is 26.5.